The fraction of sp³-hybridized carbons (Fsp3) is 0.667. The van der Waals surface area contributed by atoms with Crippen molar-refractivity contribution in [3.63, 3.8) is 0 Å². The molecule has 11 nitrogen and oxygen atoms in total. The van der Waals surface area contributed by atoms with Crippen molar-refractivity contribution >= 4 is 29.1 Å². The maximum Gasteiger partial charge on any atom is 0.305 e. The highest BCUT2D eigenvalue weighted by molar-refractivity contribution is 5.70. The number of H-pyrrole nitrogens is 1. The molecule has 0 atom stereocenters. The topological polar surface area (TPSA) is 151 Å². The number of nitrogens with two attached hydrogens (primary N) is 1. The Morgan fingerprint density at radius 1 is 1.06 bits per heavy atom. The molecular formula is C21H33N5O6. The molecule has 2 aromatic rings. The summed E-state index contributed by atoms with van der Waals surface area (Å²) in [5.74, 6) is -0.687. The van der Waals surface area contributed by atoms with E-state index >= 15 is 0 Å². The van der Waals surface area contributed by atoms with Crippen molar-refractivity contribution in [3.8, 4) is 0 Å². The van der Waals surface area contributed by atoms with E-state index in [0.717, 1.165) is 38.5 Å². The van der Waals surface area contributed by atoms with Gasteiger partial charge in [0.25, 0.3) is 5.56 Å². The number of aromatic nitrogens is 4. The quantitative estimate of drug-likeness (QED) is 0.307. The van der Waals surface area contributed by atoms with E-state index in [0.29, 0.717) is 12.8 Å². The molecule has 0 bridgehead atoms. The molecule has 0 saturated heterocycles. The largest absolute Gasteiger partial charge is 0.463 e. The number of nitrogens with zero attached hydrogens (tertiary/aromatic N) is 3. The third-order valence-corrected chi connectivity index (χ3v) is 4.77. The van der Waals surface area contributed by atoms with Gasteiger partial charge in [-0.1, -0.05) is 39.5 Å². The van der Waals surface area contributed by atoms with E-state index in [9.17, 15) is 14.4 Å². The Kier molecular flexibility index (Phi) is 10.6. The molecule has 178 valence electrons. The molecule has 32 heavy (non-hydrogen) atoms. The molecule has 0 saturated carbocycles. The van der Waals surface area contributed by atoms with Crippen molar-refractivity contribution in [3.05, 3.63) is 16.7 Å². The summed E-state index contributed by atoms with van der Waals surface area (Å²) >= 11 is 0. The van der Waals surface area contributed by atoms with Gasteiger partial charge >= 0.3 is 11.9 Å². The van der Waals surface area contributed by atoms with Crippen molar-refractivity contribution in [1.29, 1.82) is 0 Å². The van der Waals surface area contributed by atoms with Gasteiger partial charge in [-0.15, -0.1) is 0 Å². The van der Waals surface area contributed by atoms with E-state index in [-0.39, 0.29) is 49.0 Å². The van der Waals surface area contributed by atoms with E-state index in [1.165, 1.54) is 10.9 Å². The van der Waals surface area contributed by atoms with E-state index in [1.54, 1.807) is 0 Å². The van der Waals surface area contributed by atoms with E-state index in [4.69, 9.17) is 19.9 Å². The Morgan fingerprint density at radius 3 is 2.22 bits per heavy atom. The fourth-order valence-electron chi connectivity index (χ4n) is 2.95. The average molecular weight is 452 g/mol. The van der Waals surface area contributed by atoms with Crippen LogP contribution in [0, 0.1) is 0 Å². The number of nitrogen functional groups attached to an aromatic ring is 1. The third kappa shape index (κ3) is 8.29. The number of imidazole rings is 1. The summed E-state index contributed by atoms with van der Waals surface area (Å²) in [5.41, 5.74) is 5.54. The van der Waals surface area contributed by atoms with Crippen molar-refractivity contribution < 1.29 is 23.8 Å². The predicted molar refractivity (Wildman–Crippen MR) is 118 cm³/mol. The maximum atomic E-state index is 12.0. The first kappa shape index (κ1) is 25.3. The predicted octanol–water partition coefficient (Wildman–Crippen LogP) is 2.29. The van der Waals surface area contributed by atoms with Crippen LogP contribution in [0.2, 0.25) is 0 Å². The van der Waals surface area contributed by atoms with Gasteiger partial charge in [0.05, 0.1) is 6.33 Å². The first-order chi connectivity index (χ1) is 15.4. The van der Waals surface area contributed by atoms with Gasteiger partial charge in [0.2, 0.25) is 5.95 Å². The number of unbranched alkanes of at least 4 members (excludes halogenated alkanes) is 4. The van der Waals surface area contributed by atoms with E-state index < -0.39 is 11.7 Å². The zero-order valence-corrected chi connectivity index (χ0v) is 18.8. The standard InChI is InChI=1S/C21H33N5O6/c1-3-5-7-9-16(27)30-11-15(12-31-17(28)10-8-6-4-2)32-14-26-13-23-18-19(26)24-21(22)25-20(18)29/h13,15H,3-12,14H2,1-2H3,(H3,22,24,25,29). The van der Waals surface area contributed by atoms with Gasteiger partial charge in [0, 0.05) is 12.8 Å². The van der Waals surface area contributed by atoms with Crippen LogP contribution < -0.4 is 11.3 Å². The summed E-state index contributed by atoms with van der Waals surface area (Å²) in [4.78, 5) is 46.3. The third-order valence-electron chi connectivity index (χ3n) is 4.77. The number of ether oxygens (including phenoxy) is 3. The normalized spacial score (nSPS) is 11.2. The summed E-state index contributed by atoms with van der Waals surface area (Å²) in [6.07, 6.45) is 6.81. The Bertz CT molecular complexity index is 899. The van der Waals surface area contributed by atoms with Crippen LogP contribution in [0.1, 0.15) is 65.2 Å². The summed E-state index contributed by atoms with van der Waals surface area (Å²) in [6.45, 7) is 3.95. The minimum absolute atomic E-state index is 0.0391. The van der Waals surface area contributed by atoms with Gasteiger partial charge < -0.3 is 19.9 Å². The van der Waals surface area contributed by atoms with Crippen LogP contribution in [0.5, 0.6) is 0 Å². The van der Waals surface area contributed by atoms with Crippen molar-refractivity contribution in [2.24, 2.45) is 0 Å². The molecule has 0 aliphatic carbocycles. The molecule has 0 aliphatic rings. The Balaban J connectivity index is 1.96. The van der Waals surface area contributed by atoms with Crippen LogP contribution in [0.15, 0.2) is 11.1 Å². The van der Waals surface area contributed by atoms with Gasteiger partial charge in [-0.05, 0) is 12.8 Å². The fourth-order valence-corrected chi connectivity index (χ4v) is 2.95. The van der Waals surface area contributed by atoms with Gasteiger partial charge in [0.1, 0.15) is 26.0 Å². The lowest BCUT2D eigenvalue weighted by Crippen LogP contribution is -2.29. The van der Waals surface area contributed by atoms with Crippen LogP contribution in [0.25, 0.3) is 11.2 Å². The highest BCUT2D eigenvalue weighted by Crippen LogP contribution is 2.09. The van der Waals surface area contributed by atoms with Crippen LogP contribution >= 0.6 is 0 Å². The number of carbonyl (C=O) groups excluding carboxylic acids is 2. The monoisotopic (exact) mass is 451 g/mol. The van der Waals surface area contributed by atoms with Crippen LogP contribution in [0.4, 0.5) is 5.95 Å². The molecule has 11 heteroatoms. The number of carbonyl (C=O) groups is 2. The Morgan fingerprint density at radius 2 is 1.66 bits per heavy atom. The van der Waals surface area contributed by atoms with Gasteiger partial charge in [-0.3, -0.25) is 23.9 Å². The maximum absolute atomic E-state index is 12.0. The molecule has 2 aromatic heterocycles. The SMILES string of the molecule is CCCCCC(=O)OCC(COC(=O)CCCCC)OCn1cnc2c(=O)[nH]c(N)nc21. The molecule has 0 spiro atoms. The number of aromatic amines is 1. The summed E-state index contributed by atoms with van der Waals surface area (Å²) in [7, 11) is 0. The molecule has 2 heterocycles. The van der Waals surface area contributed by atoms with Crippen LogP contribution in [0.3, 0.4) is 0 Å². The van der Waals surface area contributed by atoms with Crippen LogP contribution in [-0.2, 0) is 30.5 Å². The number of fused-ring (bicyclic) bond motifs is 1. The molecule has 0 aromatic carbocycles. The smallest absolute Gasteiger partial charge is 0.305 e. The lowest BCUT2D eigenvalue weighted by atomic mass is 10.2. The number of hydrogen-bond acceptors (Lipinski definition) is 9. The van der Waals surface area contributed by atoms with Crippen LogP contribution in [-0.4, -0.2) is 50.8 Å². The molecule has 0 aliphatic heterocycles. The highest BCUT2D eigenvalue weighted by Gasteiger charge is 2.17. The molecule has 0 fully saturated rings. The molecular weight excluding hydrogens is 418 g/mol. The second-order valence-corrected chi connectivity index (χ2v) is 7.54. The lowest BCUT2D eigenvalue weighted by molar-refractivity contribution is -0.157. The number of nitrogens with one attached hydrogen (secondary N) is 1. The Hall–Kier alpha value is -2.95. The molecule has 3 N–H and O–H groups in total. The van der Waals surface area contributed by atoms with Crippen molar-refractivity contribution in [2.45, 2.75) is 78.0 Å². The minimum atomic E-state index is -0.683. The second kappa shape index (κ2) is 13.5. The van der Waals surface area contributed by atoms with Gasteiger partial charge in [0.15, 0.2) is 11.2 Å². The van der Waals surface area contributed by atoms with Gasteiger partial charge in [-0.2, -0.15) is 4.98 Å². The first-order valence-electron chi connectivity index (χ1n) is 11.1. The number of hydrogen-bond donors (Lipinski definition) is 2. The number of anilines is 1. The van der Waals surface area contributed by atoms with Gasteiger partial charge in [-0.25, -0.2) is 4.98 Å². The molecule has 0 radical (unpaired) electrons. The zero-order chi connectivity index (χ0) is 23.3. The van der Waals surface area contributed by atoms with E-state index in [2.05, 4.69) is 28.8 Å². The lowest BCUT2D eigenvalue weighted by Gasteiger charge is -2.18. The summed E-state index contributed by atoms with van der Waals surface area (Å²) in [5, 5.41) is 0. The van der Waals surface area contributed by atoms with Crippen molar-refractivity contribution in [1.82, 2.24) is 19.5 Å². The number of rotatable bonds is 15. The zero-order valence-electron chi connectivity index (χ0n) is 18.8. The first-order valence-corrected chi connectivity index (χ1v) is 11.1. The average Bonchev–Trinajstić information content (AvgIpc) is 3.16. The summed E-state index contributed by atoms with van der Waals surface area (Å²) < 4.78 is 17.9. The summed E-state index contributed by atoms with van der Waals surface area (Å²) in [6, 6.07) is 0. The highest BCUT2D eigenvalue weighted by atomic mass is 16.6. The van der Waals surface area contributed by atoms with E-state index in [1.807, 2.05) is 0 Å². The second-order valence-electron chi connectivity index (χ2n) is 7.54. The molecule has 0 amide bonds. The molecule has 0 unspecified atom stereocenters. The number of esters is 2. The van der Waals surface area contributed by atoms with Crippen molar-refractivity contribution in [2.75, 3.05) is 18.9 Å². The minimum Gasteiger partial charge on any atom is -0.463 e. The Labute approximate surface area is 186 Å². The molecule has 2 rings (SSSR count).